The summed E-state index contributed by atoms with van der Waals surface area (Å²) in [5.74, 6) is 1.21. The molecule has 5 nitrogen and oxygen atoms in total. The van der Waals surface area contributed by atoms with E-state index in [-0.39, 0.29) is 5.43 Å². The Balaban J connectivity index is 1.95. The number of rotatable bonds is 3. The molecule has 1 fully saturated rings. The SMILES string of the molecule is Cc1cn(-c2nc(Cl)cn2CC2CCCOC2)cc(C)c1=O. The third-order valence-corrected chi connectivity index (χ3v) is 4.23. The molecule has 0 amide bonds. The summed E-state index contributed by atoms with van der Waals surface area (Å²) < 4.78 is 9.47. The molecule has 2 aromatic heterocycles. The number of hydrogen-bond acceptors (Lipinski definition) is 3. The number of imidazole rings is 1. The van der Waals surface area contributed by atoms with Crippen molar-refractivity contribution in [2.24, 2.45) is 5.92 Å². The highest BCUT2D eigenvalue weighted by molar-refractivity contribution is 6.29. The van der Waals surface area contributed by atoms with Crippen molar-refractivity contribution >= 4 is 11.6 Å². The van der Waals surface area contributed by atoms with Crippen molar-refractivity contribution < 1.29 is 4.74 Å². The van der Waals surface area contributed by atoms with Crippen molar-refractivity contribution in [2.75, 3.05) is 13.2 Å². The van der Waals surface area contributed by atoms with Crippen LogP contribution in [0.4, 0.5) is 0 Å². The van der Waals surface area contributed by atoms with Crippen molar-refractivity contribution in [2.45, 2.75) is 33.2 Å². The fourth-order valence-electron chi connectivity index (χ4n) is 2.94. The van der Waals surface area contributed by atoms with E-state index in [1.165, 1.54) is 0 Å². The van der Waals surface area contributed by atoms with E-state index in [4.69, 9.17) is 16.3 Å². The largest absolute Gasteiger partial charge is 0.381 e. The molecular weight excluding hydrogens is 302 g/mol. The molecule has 118 valence electrons. The predicted octanol–water partition coefficient (Wildman–Crippen LogP) is 2.73. The van der Waals surface area contributed by atoms with E-state index >= 15 is 0 Å². The molecule has 1 saturated heterocycles. The molecule has 1 aliphatic rings. The first-order chi connectivity index (χ1) is 10.5. The van der Waals surface area contributed by atoms with Gasteiger partial charge in [0, 0.05) is 48.8 Å². The topological polar surface area (TPSA) is 49.0 Å². The third-order valence-electron chi connectivity index (χ3n) is 4.05. The van der Waals surface area contributed by atoms with Crippen molar-refractivity contribution in [3.63, 3.8) is 0 Å². The Hall–Kier alpha value is -1.59. The van der Waals surface area contributed by atoms with Crippen LogP contribution in [0.3, 0.4) is 0 Å². The molecule has 0 bridgehead atoms. The van der Waals surface area contributed by atoms with E-state index in [1.54, 1.807) is 0 Å². The van der Waals surface area contributed by atoms with Crippen LogP contribution in [-0.4, -0.2) is 27.3 Å². The zero-order valence-corrected chi connectivity index (χ0v) is 13.6. The lowest BCUT2D eigenvalue weighted by molar-refractivity contribution is 0.0483. The van der Waals surface area contributed by atoms with Crippen molar-refractivity contribution in [3.05, 3.63) is 45.1 Å². The Labute approximate surface area is 134 Å². The molecule has 0 saturated carbocycles. The molecule has 3 rings (SSSR count). The van der Waals surface area contributed by atoms with Crippen LogP contribution in [0.1, 0.15) is 24.0 Å². The van der Waals surface area contributed by atoms with Crippen LogP contribution in [0, 0.1) is 19.8 Å². The number of aryl methyl sites for hydroxylation is 2. The molecule has 0 aromatic carbocycles. The first-order valence-electron chi connectivity index (χ1n) is 7.55. The van der Waals surface area contributed by atoms with Gasteiger partial charge in [0.05, 0.1) is 6.61 Å². The average molecular weight is 322 g/mol. The molecule has 2 aromatic rings. The molecule has 3 heterocycles. The lowest BCUT2D eigenvalue weighted by atomic mass is 10.0. The molecule has 6 heteroatoms. The summed E-state index contributed by atoms with van der Waals surface area (Å²) in [7, 11) is 0. The Morgan fingerprint density at radius 1 is 1.32 bits per heavy atom. The molecule has 0 radical (unpaired) electrons. The van der Waals surface area contributed by atoms with Crippen LogP contribution in [0.15, 0.2) is 23.4 Å². The highest BCUT2D eigenvalue weighted by Crippen LogP contribution is 2.20. The lowest BCUT2D eigenvalue weighted by Gasteiger charge is -2.23. The molecule has 0 spiro atoms. The molecule has 1 atom stereocenters. The normalized spacial score (nSPS) is 18.6. The second-order valence-corrected chi connectivity index (χ2v) is 6.35. The van der Waals surface area contributed by atoms with E-state index in [0.29, 0.717) is 22.2 Å². The Bertz CT molecular complexity index is 703. The lowest BCUT2D eigenvalue weighted by Crippen LogP contribution is -2.23. The van der Waals surface area contributed by atoms with Gasteiger partial charge in [0.1, 0.15) is 5.15 Å². The van der Waals surface area contributed by atoms with Crippen LogP contribution >= 0.6 is 11.6 Å². The van der Waals surface area contributed by atoms with Crippen molar-refractivity contribution in [1.82, 2.24) is 14.1 Å². The van der Waals surface area contributed by atoms with Gasteiger partial charge in [-0.3, -0.25) is 9.36 Å². The van der Waals surface area contributed by atoms with Gasteiger partial charge in [0.15, 0.2) is 5.43 Å². The minimum absolute atomic E-state index is 0.0705. The Kier molecular flexibility index (Phi) is 4.36. The minimum atomic E-state index is 0.0705. The second kappa shape index (κ2) is 6.26. The smallest absolute Gasteiger partial charge is 0.215 e. The number of aromatic nitrogens is 3. The van der Waals surface area contributed by atoms with E-state index in [2.05, 4.69) is 4.98 Å². The van der Waals surface area contributed by atoms with Gasteiger partial charge in [-0.2, -0.15) is 0 Å². The van der Waals surface area contributed by atoms with Gasteiger partial charge < -0.3 is 9.30 Å². The zero-order chi connectivity index (χ0) is 15.7. The molecule has 1 aliphatic heterocycles. The van der Waals surface area contributed by atoms with Crippen LogP contribution in [-0.2, 0) is 11.3 Å². The quantitative estimate of drug-likeness (QED) is 0.873. The fourth-order valence-corrected chi connectivity index (χ4v) is 3.14. The number of ether oxygens (including phenoxy) is 1. The van der Waals surface area contributed by atoms with Crippen LogP contribution < -0.4 is 5.43 Å². The van der Waals surface area contributed by atoms with E-state index in [1.807, 2.05) is 41.6 Å². The maximum Gasteiger partial charge on any atom is 0.215 e. The average Bonchev–Trinajstić information content (AvgIpc) is 2.86. The fraction of sp³-hybridized carbons (Fsp3) is 0.500. The summed E-state index contributed by atoms with van der Waals surface area (Å²) in [6.07, 6.45) is 7.70. The maximum absolute atomic E-state index is 11.9. The Morgan fingerprint density at radius 3 is 2.68 bits per heavy atom. The van der Waals surface area contributed by atoms with Crippen molar-refractivity contribution in [1.29, 1.82) is 0 Å². The molecule has 22 heavy (non-hydrogen) atoms. The summed E-state index contributed by atoms with van der Waals surface area (Å²) in [6.45, 7) is 6.08. The number of hydrogen-bond donors (Lipinski definition) is 0. The standard InChI is InChI=1S/C16H20ClN3O2/c1-11-6-19(7-12(2)15(11)21)16-18-14(17)9-20(16)8-13-4-3-5-22-10-13/h6-7,9,13H,3-5,8,10H2,1-2H3. The first-order valence-corrected chi connectivity index (χ1v) is 7.92. The monoisotopic (exact) mass is 321 g/mol. The third kappa shape index (κ3) is 3.10. The predicted molar refractivity (Wildman–Crippen MR) is 85.9 cm³/mol. The van der Waals surface area contributed by atoms with E-state index in [0.717, 1.165) is 38.5 Å². The number of halogens is 1. The van der Waals surface area contributed by atoms with Gasteiger partial charge in [-0.25, -0.2) is 4.98 Å². The van der Waals surface area contributed by atoms with E-state index in [9.17, 15) is 4.79 Å². The Morgan fingerprint density at radius 2 is 2.05 bits per heavy atom. The van der Waals surface area contributed by atoms with Crippen LogP contribution in [0.25, 0.3) is 5.95 Å². The zero-order valence-electron chi connectivity index (χ0n) is 12.9. The first kappa shape index (κ1) is 15.3. The summed E-state index contributed by atoms with van der Waals surface area (Å²) in [4.78, 5) is 16.3. The van der Waals surface area contributed by atoms with Gasteiger partial charge in [0.2, 0.25) is 5.95 Å². The maximum atomic E-state index is 11.9. The number of pyridine rings is 1. The minimum Gasteiger partial charge on any atom is -0.381 e. The van der Waals surface area contributed by atoms with Crippen LogP contribution in [0.5, 0.6) is 0 Å². The molecular formula is C16H20ClN3O2. The highest BCUT2D eigenvalue weighted by Gasteiger charge is 2.18. The molecule has 0 N–H and O–H groups in total. The van der Waals surface area contributed by atoms with Gasteiger partial charge >= 0.3 is 0 Å². The summed E-state index contributed by atoms with van der Waals surface area (Å²) in [6, 6.07) is 0. The van der Waals surface area contributed by atoms with Gasteiger partial charge in [0.25, 0.3) is 0 Å². The van der Waals surface area contributed by atoms with E-state index < -0.39 is 0 Å². The van der Waals surface area contributed by atoms with Crippen LogP contribution in [0.2, 0.25) is 5.15 Å². The van der Waals surface area contributed by atoms with Crippen molar-refractivity contribution in [3.8, 4) is 5.95 Å². The molecule has 0 aliphatic carbocycles. The summed E-state index contributed by atoms with van der Waals surface area (Å²) >= 11 is 6.11. The number of nitrogens with zero attached hydrogens (tertiary/aromatic N) is 3. The second-order valence-electron chi connectivity index (χ2n) is 5.96. The van der Waals surface area contributed by atoms with Gasteiger partial charge in [-0.15, -0.1) is 0 Å². The summed E-state index contributed by atoms with van der Waals surface area (Å²) in [5, 5.41) is 0.459. The van der Waals surface area contributed by atoms with Gasteiger partial charge in [-0.1, -0.05) is 11.6 Å². The highest BCUT2D eigenvalue weighted by atomic mass is 35.5. The molecule has 1 unspecified atom stereocenters. The summed E-state index contributed by atoms with van der Waals surface area (Å²) in [5.41, 5.74) is 1.47. The van der Waals surface area contributed by atoms with Gasteiger partial charge in [-0.05, 0) is 26.7 Å².